The van der Waals surface area contributed by atoms with Gasteiger partial charge in [0.15, 0.2) is 5.96 Å². The van der Waals surface area contributed by atoms with Gasteiger partial charge in [0.1, 0.15) is 0 Å². The maximum absolute atomic E-state index is 11.6. The Balaban J connectivity index is 0.00000625. The quantitative estimate of drug-likeness (QED) is 0.183. The molecular formula is C19H39IN4O2. The van der Waals surface area contributed by atoms with Crippen molar-refractivity contribution >= 4 is 35.8 Å². The van der Waals surface area contributed by atoms with Crippen LogP contribution < -0.4 is 16.0 Å². The third kappa shape index (κ3) is 9.94. The first-order valence-electron chi connectivity index (χ1n) is 9.90. The summed E-state index contributed by atoms with van der Waals surface area (Å²) < 4.78 is 5.58. The van der Waals surface area contributed by atoms with Crippen molar-refractivity contribution in [3.8, 4) is 0 Å². The summed E-state index contributed by atoms with van der Waals surface area (Å²) in [6.07, 6.45) is 6.18. The summed E-state index contributed by atoms with van der Waals surface area (Å²) in [6.45, 7) is 12.5. The van der Waals surface area contributed by atoms with E-state index in [4.69, 9.17) is 9.73 Å². The van der Waals surface area contributed by atoms with Gasteiger partial charge in [0, 0.05) is 45.3 Å². The van der Waals surface area contributed by atoms with Gasteiger partial charge in [0.05, 0.1) is 0 Å². The monoisotopic (exact) mass is 482 g/mol. The van der Waals surface area contributed by atoms with Crippen molar-refractivity contribution < 1.29 is 9.53 Å². The maximum Gasteiger partial charge on any atom is 0.222 e. The molecule has 0 radical (unpaired) electrons. The van der Waals surface area contributed by atoms with Crippen LogP contribution >= 0.6 is 24.0 Å². The van der Waals surface area contributed by atoms with Gasteiger partial charge in [-0.1, -0.05) is 26.7 Å². The van der Waals surface area contributed by atoms with Crippen LogP contribution in [-0.2, 0) is 9.53 Å². The highest BCUT2D eigenvalue weighted by Gasteiger charge is 2.33. The molecule has 0 aromatic heterocycles. The molecule has 7 heteroatoms. The van der Waals surface area contributed by atoms with Crippen molar-refractivity contribution in [3.63, 3.8) is 0 Å². The van der Waals surface area contributed by atoms with Crippen LogP contribution in [0.3, 0.4) is 0 Å². The standard InChI is InChI=1S/C19H38N4O2.HI/c1-5-20-18(22-13-12-21-17(24)16(3)4)23-15-19(9-7-8-10-19)11-14-25-6-2;/h16H,5-15H2,1-4H3,(H,21,24)(H2,20,22,23);1H. The minimum absolute atomic E-state index is 0. The first-order chi connectivity index (χ1) is 12.0. The van der Waals surface area contributed by atoms with Crippen molar-refractivity contribution in [2.45, 2.75) is 59.8 Å². The highest BCUT2D eigenvalue weighted by atomic mass is 127. The number of carbonyl (C=O) groups excluding carboxylic acids is 1. The number of guanidine groups is 1. The lowest BCUT2D eigenvalue weighted by Crippen LogP contribution is -2.42. The average molecular weight is 482 g/mol. The van der Waals surface area contributed by atoms with Gasteiger partial charge in [0.2, 0.25) is 5.91 Å². The molecule has 0 aliphatic heterocycles. The molecule has 0 aromatic carbocycles. The molecule has 1 rings (SSSR count). The zero-order chi connectivity index (χ0) is 18.5. The van der Waals surface area contributed by atoms with Crippen LogP contribution in [-0.4, -0.2) is 51.3 Å². The topological polar surface area (TPSA) is 74.8 Å². The molecule has 0 saturated heterocycles. The Kier molecular flexibility index (Phi) is 14.2. The largest absolute Gasteiger partial charge is 0.382 e. The van der Waals surface area contributed by atoms with Gasteiger partial charge in [-0.25, -0.2) is 0 Å². The van der Waals surface area contributed by atoms with E-state index in [0.717, 1.165) is 38.7 Å². The van der Waals surface area contributed by atoms with Crippen LogP contribution in [0.15, 0.2) is 4.99 Å². The Bertz CT molecular complexity index is 410. The molecule has 26 heavy (non-hydrogen) atoms. The Hall–Kier alpha value is -0.570. The summed E-state index contributed by atoms with van der Waals surface area (Å²) in [6, 6.07) is 0. The lowest BCUT2D eigenvalue weighted by molar-refractivity contribution is -0.123. The third-order valence-electron chi connectivity index (χ3n) is 4.80. The lowest BCUT2D eigenvalue weighted by atomic mass is 9.83. The van der Waals surface area contributed by atoms with E-state index in [-0.39, 0.29) is 35.8 Å². The van der Waals surface area contributed by atoms with Crippen LogP contribution in [0.1, 0.15) is 59.8 Å². The second-order valence-corrected chi connectivity index (χ2v) is 7.22. The number of nitrogens with zero attached hydrogens (tertiary/aromatic N) is 1. The molecule has 1 aliphatic rings. The van der Waals surface area contributed by atoms with Crippen LogP contribution in [0.25, 0.3) is 0 Å². The molecule has 0 unspecified atom stereocenters. The van der Waals surface area contributed by atoms with Crippen LogP contribution in [0.5, 0.6) is 0 Å². The molecule has 6 nitrogen and oxygen atoms in total. The van der Waals surface area contributed by atoms with Crippen molar-refractivity contribution in [2.75, 3.05) is 39.4 Å². The second kappa shape index (κ2) is 14.5. The van der Waals surface area contributed by atoms with Crippen LogP contribution in [0.4, 0.5) is 0 Å². The smallest absolute Gasteiger partial charge is 0.222 e. The van der Waals surface area contributed by atoms with E-state index in [9.17, 15) is 4.79 Å². The van der Waals surface area contributed by atoms with Crippen LogP contribution in [0, 0.1) is 11.3 Å². The van der Waals surface area contributed by atoms with Gasteiger partial charge in [0.25, 0.3) is 0 Å². The summed E-state index contributed by atoms with van der Waals surface area (Å²) in [7, 11) is 0. The van der Waals surface area contributed by atoms with Gasteiger partial charge in [-0.15, -0.1) is 24.0 Å². The molecule has 0 bridgehead atoms. The zero-order valence-corrected chi connectivity index (χ0v) is 19.4. The number of hydrogen-bond acceptors (Lipinski definition) is 3. The van der Waals surface area contributed by atoms with Crippen molar-refractivity contribution in [2.24, 2.45) is 16.3 Å². The fraction of sp³-hybridized carbons (Fsp3) is 0.895. The summed E-state index contributed by atoms with van der Waals surface area (Å²) in [5.41, 5.74) is 0.295. The number of rotatable bonds is 11. The van der Waals surface area contributed by atoms with Gasteiger partial charge >= 0.3 is 0 Å². The van der Waals surface area contributed by atoms with Gasteiger partial charge < -0.3 is 20.7 Å². The number of amides is 1. The molecule has 1 aliphatic carbocycles. The SMILES string of the molecule is CCNC(=NCC1(CCOCC)CCCC1)NCCNC(=O)C(C)C.I. The summed E-state index contributed by atoms with van der Waals surface area (Å²) in [5.74, 6) is 0.947. The second-order valence-electron chi connectivity index (χ2n) is 7.22. The summed E-state index contributed by atoms with van der Waals surface area (Å²) in [4.78, 5) is 16.4. The average Bonchev–Trinajstić information content (AvgIpc) is 3.05. The zero-order valence-electron chi connectivity index (χ0n) is 17.0. The molecule has 0 spiro atoms. The molecule has 0 atom stereocenters. The van der Waals surface area contributed by atoms with Crippen molar-refractivity contribution in [1.29, 1.82) is 0 Å². The number of nitrogens with one attached hydrogen (secondary N) is 3. The third-order valence-corrected chi connectivity index (χ3v) is 4.80. The number of carbonyl (C=O) groups is 1. The highest BCUT2D eigenvalue weighted by molar-refractivity contribution is 14.0. The normalized spacial score (nSPS) is 16.3. The van der Waals surface area contributed by atoms with E-state index in [0.29, 0.717) is 18.5 Å². The van der Waals surface area contributed by atoms with Crippen molar-refractivity contribution in [3.05, 3.63) is 0 Å². The van der Waals surface area contributed by atoms with Gasteiger partial charge in [-0.3, -0.25) is 9.79 Å². The predicted octanol–water partition coefficient (Wildman–Crippen LogP) is 2.92. The number of halogens is 1. The first-order valence-corrected chi connectivity index (χ1v) is 9.90. The van der Waals surface area contributed by atoms with Crippen LogP contribution in [0.2, 0.25) is 0 Å². The first kappa shape index (κ1) is 25.4. The van der Waals surface area contributed by atoms with Gasteiger partial charge in [-0.2, -0.15) is 0 Å². The van der Waals surface area contributed by atoms with E-state index < -0.39 is 0 Å². The fourth-order valence-corrected chi connectivity index (χ4v) is 3.20. The molecular weight excluding hydrogens is 443 g/mol. The van der Waals surface area contributed by atoms with E-state index in [1.165, 1.54) is 25.7 Å². The van der Waals surface area contributed by atoms with E-state index in [1.54, 1.807) is 0 Å². The molecule has 1 saturated carbocycles. The number of ether oxygens (including phenoxy) is 1. The van der Waals surface area contributed by atoms with Gasteiger partial charge in [-0.05, 0) is 38.5 Å². The summed E-state index contributed by atoms with van der Waals surface area (Å²) >= 11 is 0. The minimum atomic E-state index is 0. The molecule has 1 amide bonds. The maximum atomic E-state index is 11.6. The van der Waals surface area contributed by atoms with E-state index in [1.807, 2.05) is 20.8 Å². The number of aliphatic imine (C=N–C) groups is 1. The Morgan fingerprint density at radius 2 is 1.77 bits per heavy atom. The lowest BCUT2D eigenvalue weighted by Gasteiger charge is -2.27. The summed E-state index contributed by atoms with van der Waals surface area (Å²) in [5, 5.41) is 9.53. The molecule has 3 N–H and O–H groups in total. The van der Waals surface area contributed by atoms with E-state index in [2.05, 4.69) is 22.9 Å². The van der Waals surface area contributed by atoms with Crippen molar-refractivity contribution in [1.82, 2.24) is 16.0 Å². The molecule has 0 aromatic rings. The Morgan fingerprint density at radius 3 is 2.35 bits per heavy atom. The predicted molar refractivity (Wildman–Crippen MR) is 119 cm³/mol. The number of hydrogen-bond donors (Lipinski definition) is 3. The fourth-order valence-electron chi connectivity index (χ4n) is 3.20. The highest BCUT2D eigenvalue weighted by Crippen LogP contribution is 2.41. The minimum Gasteiger partial charge on any atom is -0.382 e. The molecule has 1 fully saturated rings. The van der Waals surface area contributed by atoms with E-state index >= 15 is 0 Å². The Morgan fingerprint density at radius 1 is 1.12 bits per heavy atom. The molecule has 0 heterocycles. The molecule has 154 valence electrons. The Labute approximate surface area is 176 Å².